The SMILES string of the molecule is COc1cccc2[c]cc(C)cc12. The lowest BCUT2D eigenvalue weighted by atomic mass is 10.1. The maximum atomic E-state index is 5.26. The van der Waals surface area contributed by atoms with Gasteiger partial charge in [-0.1, -0.05) is 18.2 Å². The third-order valence-corrected chi connectivity index (χ3v) is 2.11. The van der Waals surface area contributed by atoms with Crippen molar-refractivity contribution in [3.05, 3.63) is 42.0 Å². The number of fused-ring (bicyclic) bond motifs is 1. The molecule has 13 heavy (non-hydrogen) atoms. The first kappa shape index (κ1) is 8.11. The molecule has 2 aromatic carbocycles. The van der Waals surface area contributed by atoms with Crippen LogP contribution in [0.15, 0.2) is 30.3 Å². The molecule has 2 aromatic rings. The third kappa shape index (κ3) is 1.37. The van der Waals surface area contributed by atoms with Crippen LogP contribution in [-0.2, 0) is 0 Å². The molecule has 0 N–H and O–H groups in total. The molecule has 0 heterocycles. The van der Waals surface area contributed by atoms with Gasteiger partial charge >= 0.3 is 0 Å². The predicted molar refractivity (Wildman–Crippen MR) is 54.1 cm³/mol. The zero-order chi connectivity index (χ0) is 9.26. The van der Waals surface area contributed by atoms with Crippen LogP contribution in [0.25, 0.3) is 10.8 Å². The minimum Gasteiger partial charge on any atom is -0.496 e. The van der Waals surface area contributed by atoms with Crippen molar-refractivity contribution in [1.29, 1.82) is 0 Å². The number of aryl methyl sites for hydroxylation is 1. The van der Waals surface area contributed by atoms with Gasteiger partial charge in [0.1, 0.15) is 5.75 Å². The van der Waals surface area contributed by atoms with Gasteiger partial charge < -0.3 is 4.74 Å². The predicted octanol–water partition coefficient (Wildman–Crippen LogP) is 2.96. The highest BCUT2D eigenvalue weighted by atomic mass is 16.5. The molecule has 0 fully saturated rings. The molecule has 65 valence electrons. The second kappa shape index (κ2) is 3.09. The van der Waals surface area contributed by atoms with Gasteiger partial charge in [0.25, 0.3) is 0 Å². The Morgan fingerprint density at radius 1 is 1.31 bits per heavy atom. The zero-order valence-electron chi connectivity index (χ0n) is 7.79. The quantitative estimate of drug-likeness (QED) is 0.641. The molecule has 0 unspecified atom stereocenters. The van der Waals surface area contributed by atoms with E-state index < -0.39 is 0 Å². The Kier molecular flexibility index (Phi) is 1.93. The Hall–Kier alpha value is -1.50. The zero-order valence-corrected chi connectivity index (χ0v) is 7.79. The van der Waals surface area contributed by atoms with Crippen molar-refractivity contribution in [3.8, 4) is 5.75 Å². The van der Waals surface area contributed by atoms with Crippen LogP contribution >= 0.6 is 0 Å². The van der Waals surface area contributed by atoms with E-state index in [9.17, 15) is 0 Å². The molecule has 0 atom stereocenters. The molecule has 1 nitrogen and oxygen atoms in total. The van der Waals surface area contributed by atoms with Crippen molar-refractivity contribution in [1.82, 2.24) is 0 Å². The second-order valence-electron chi connectivity index (χ2n) is 3.10. The summed E-state index contributed by atoms with van der Waals surface area (Å²) >= 11 is 0. The fourth-order valence-electron chi connectivity index (χ4n) is 1.46. The van der Waals surface area contributed by atoms with Gasteiger partial charge in [0.15, 0.2) is 0 Å². The van der Waals surface area contributed by atoms with Crippen molar-refractivity contribution in [3.63, 3.8) is 0 Å². The minimum absolute atomic E-state index is 0.914. The van der Waals surface area contributed by atoms with Crippen molar-refractivity contribution < 1.29 is 4.74 Å². The second-order valence-corrected chi connectivity index (χ2v) is 3.10. The van der Waals surface area contributed by atoms with E-state index in [1.807, 2.05) is 24.3 Å². The van der Waals surface area contributed by atoms with E-state index in [0.29, 0.717) is 0 Å². The maximum Gasteiger partial charge on any atom is 0.126 e. The average Bonchev–Trinajstić information content (AvgIpc) is 2.17. The summed E-state index contributed by atoms with van der Waals surface area (Å²) in [5.41, 5.74) is 1.21. The number of methoxy groups -OCH3 is 1. The van der Waals surface area contributed by atoms with Crippen LogP contribution < -0.4 is 4.74 Å². The Morgan fingerprint density at radius 3 is 2.92 bits per heavy atom. The number of hydrogen-bond acceptors (Lipinski definition) is 1. The lowest BCUT2D eigenvalue weighted by Crippen LogP contribution is -1.84. The topological polar surface area (TPSA) is 9.23 Å². The lowest BCUT2D eigenvalue weighted by Gasteiger charge is -2.04. The normalized spacial score (nSPS) is 10.3. The molecule has 0 saturated carbocycles. The van der Waals surface area contributed by atoms with E-state index in [-0.39, 0.29) is 0 Å². The van der Waals surface area contributed by atoms with Crippen LogP contribution in [-0.4, -0.2) is 7.11 Å². The highest BCUT2D eigenvalue weighted by Gasteiger charge is 1.99. The first-order valence-electron chi connectivity index (χ1n) is 4.26. The van der Waals surface area contributed by atoms with Crippen molar-refractivity contribution in [2.24, 2.45) is 0 Å². The summed E-state index contributed by atoms with van der Waals surface area (Å²) in [6.45, 7) is 2.06. The molecular formula is C12H11O. The summed E-state index contributed by atoms with van der Waals surface area (Å²) in [4.78, 5) is 0. The first-order valence-corrected chi connectivity index (χ1v) is 4.26. The summed E-state index contributed by atoms with van der Waals surface area (Å²) < 4.78 is 5.26. The summed E-state index contributed by atoms with van der Waals surface area (Å²) in [6.07, 6.45) is 0. The molecular weight excluding hydrogens is 160 g/mol. The molecule has 0 aliphatic heterocycles. The Balaban J connectivity index is 2.79. The van der Waals surface area contributed by atoms with Crippen LogP contribution in [0.3, 0.4) is 0 Å². The third-order valence-electron chi connectivity index (χ3n) is 2.11. The molecule has 0 spiro atoms. The van der Waals surface area contributed by atoms with E-state index in [2.05, 4.69) is 19.1 Å². The van der Waals surface area contributed by atoms with Crippen LogP contribution in [0.2, 0.25) is 0 Å². The highest BCUT2D eigenvalue weighted by molar-refractivity contribution is 5.88. The minimum atomic E-state index is 0.914. The van der Waals surface area contributed by atoms with E-state index in [1.54, 1.807) is 7.11 Å². The molecule has 0 aromatic heterocycles. The van der Waals surface area contributed by atoms with Gasteiger partial charge in [-0.05, 0) is 36.1 Å². The van der Waals surface area contributed by atoms with E-state index in [0.717, 1.165) is 16.5 Å². The summed E-state index contributed by atoms with van der Waals surface area (Å²) in [7, 11) is 1.69. The van der Waals surface area contributed by atoms with Gasteiger partial charge in [-0.2, -0.15) is 0 Å². The molecule has 0 aliphatic carbocycles. The van der Waals surface area contributed by atoms with Crippen LogP contribution in [0.5, 0.6) is 5.75 Å². The number of rotatable bonds is 1. The average molecular weight is 171 g/mol. The monoisotopic (exact) mass is 171 g/mol. The molecule has 2 rings (SSSR count). The summed E-state index contributed by atoms with van der Waals surface area (Å²) in [5, 5.41) is 2.23. The maximum absolute atomic E-state index is 5.26. The first-order chi connectivity index (χ1) is 6.31. The van der Waals surface area contributed by atoms with E-state index >= 15 is 0 Å². The number of ether oxygens (including phenoxy) is 1. The van der Waals surface area contributed by atoms with Gasteiger partial charge in [-0.25, -0.2) is 0 Å². The van der Waals surface area contributed by atoms with Gasteiger partial charge in [0.2, 0.25) is 0 Å². The molecule has 0 saturated heterocycles. The molecule has 0 amide bonds. The van der Waals surface area contributed by atoms with Crippen LogP contribution in [0.4, 0.5) is 0 Å². The molecule has 0 bridgehead atoms. The fraction of sp³-hybridized carbons (Fsp3) is 0.167. The van der Waals surface area contributed by atoms with Crippen molar-refractivity contribution in [2.45, 2.75) is 6.92 Å². The van der Waals surface area contributed by atoms with Crippen LogP contribution in [0.1, 0.15) is 5.56 Å². The Morgan fingerprint density at radius 2 is 2.15 bits per heavy atom. The van der Waals surface area contributed by atoms with Crippen molar-refractivity contribution in [2.75, 3.05) is 7.11 Å². The molecule has 1 heteroatoms. The molecule has 0 aliphatic rings. The highest BCUT2D eigenvalue weighted by Crippen LogP contribution is 2.25. The van der Waals surface area contributed by atoms with E-state index in [1.165, 1.54) is 5.56 Å². The fourth-order valence-corrected chi connectivity index (χ4v) is 1.46. The van der Waals surface area contributed by atoms with Gasteiger partial charge in [0.05, 0.1) is 7.11 Å². The Bertz CT molecular complexity index is 432. The van der Waals surface area contributed by atoms with Crippen molar-refractivity contribution >= 4 is 10.8 Å². The summed E-state index contributed by atoms with van der Waals surface area (Å²) in [5.74, 6) is 0.914. The summed E-state index contributed by atoms with van der Waals surface area (Å²) in [6, 6.07) is 13.3. The number of hydrogen-bond donors (Lipinski definition) is 0. The van der Waals surface area contributed by atoms with Gasteiger partial charge in [-0.3, -0.25) is 0 Å². The van der Waals surface area contributed by atoms with Gasteiger partial charge in [0, 0.05) is 5.39 Å². The number of benzene rings is 2. The standard InChI is InChI=1S/C12H11O/c1-9-6-7-10-4-3-5-12(13-2)11(10)8-9/h3-6,8H,1-2H3. The molecule has 1 radical (unpaired) electrons. The smallest absolute Gasteiger partial charge is 0.126 e. The van der Waals surface area contributed by atoms with E-state index in [4.69, 9.17) is 4.74 Å². The van der Waals surface area contributed by atoms with Crippen LogP contribution in [0, 0.1) is 13.0 Å². The van der Waals surface area contributed by atoms with Gasteiger partial charge in [-0.15, -0.1) is 0 Å². The largest absolute Gasteiger partial charge is 0.496 e. The lowest BCUT2D eigenvalue weighted by molar-refractivity contribution is 0.420. The Labute approximate surface area is 78.0 Å².